The molecule has 3 rings (SSSR count). The monoisotopic (exact) mass is 336 g/mol. The molecule has 0 bridgehead atoms. The lowest BCUT2D eigenvalue weighted by Crippen LogP contribution is -2.37. The van der Waals surface area contributed by atoms with Gasteiger partial charge in [-0.15, -0.1) is 6.58 Å². The van der Waals surface area contributed by atoms with E-state index in [0.29, 0.717) is 12.1 Å². The second-order valence-electron chi connectivity index (χ2n) is 6.23. The summed E-state index contributed by atoms with van der Waals surface area (Å²) in [6.45, 7) is 1.79. The van der Waals surface area contributed by atoms with Crippen LogP contribution < -0.4 is 0 Å². The first-order valence-electron chi connectivity index (χ1n) is 8.00. The van der Waals surface area contributed by atoms with Crippen LogP contribution in [0.2, 0.25) is 0 Å². The van der Waals surface area contributed by atoms with Crippen molar-refractivity contribution >= 4 is 18.4 Å². The van der Waals surface area contributed by atoms with Crippen LogP contribution in [0, 0.1) is 0 Å². The zero-order valence-corrected chi connectivity index (χ0v) is 15.1. The van der Waals surface area contributed by atoms with E-state index >= 15 is 0 Å². The van der Waals surface area contributed by atoms with Gasteiger partial charge in [-0.1, -0.05) is 49.2 Å². The molecule has 0 aromatic heterocycles. The molecule has 0 radical (unpaired) electrons. The fraction of sp³-hybridized carbons (Fsp3) is 0.529. The predicted octanol–water partition coefficient (Wildman–Crippen LogP) is 4.34. The Kier molecular flexibility index (Phi) is 4.86. The minimum atomic E-state index is -2.17. The van der Waals surface area contributed by atoms with Gasteiger partial charge in [0, 0.05) is 12.1 Å². The molecule has 5 heteroatoms. The summed E-state index contributed by atoms with van der Waals surface area (Å²) in [5, 5.41) is 0. The topological polar surface area (TPSA) is 15.7 Å². The summed E-state index contributed by atoms with van der Waals surface area (Å²) in [6, 6.07) is 11.3. The van der Waals surface area contributed by atoms with E-state index in [0.717, 1.165) is 5.56 Å². The normalized spacial score (nSPS) is 29.9. The molecule has 1 heterocycles. The molecule has 0 amide bonds. The van der Waals surface area contributed by atoms with Crippen LogP contribution in [0.4, 0.5) is 0 Å². The van der Waals surface area contributed by atoms with Crippen molar-refractivity contribution < 1.29 is 4.52 Å². The van der Waals surface area contributed by atoms with E-state index in [9.17, 15) is 0 Å². The summed E-state index contributed by atoms with van der Waals surface area (Å²) in [5.74, 6) is 0. The predicted molar refractivity (Wildman–Crippen MR) is 96.3 cm³/mol. The smallest absolute Gasteiger partial charge is 0.204 e. The molecule has 1 aromatic carbocycles. The molecule has 1 saturated heterocycles. The third-order valence-electron chi connectivity index (χ3n) is 5.04. The van der Waals surface area contributed by atoms with Crippen molar-refractivity contribution in [3.8, 4) is 0 Å². The first kappa shape index (κ1) is 16.4. The number of hydrogen-bond acceptors (Lipinski definition) is 2. The Hall–Kier alpha value is -0.510. The van der Waals surface area contributed by atoms with Crippen LogP contribution in [0.25, 0.3) is 0 Å². The summed E-state index contributed by atoms with van der Waals surface area (Å²) in [5.41, 5.74) is 1.12. The van der Waals surface area contributed by atoms with Gasteiger partial charge in [-0.2, -0.15) is 0 Å². The first-order valence-corrected chi connectivity index (χ1v) is 10.6. The fourth-order valence-electron chi connectivity index (χ4n) is 3.74. The van der Waals surface area contributed by atoms with Crippen molar-refractivity contribution in [2.24, 2.45) is 0 Å². The third kappa shape index (κ3) is 2.72. The van der Waals surface area contributed by atoms with E-state index in [-0.39, 0.29) is 6.10 Å². The van der Waals surface area contributed by atoms with Crippen LogP contribution in [-0.2, 0) is 16.3 Å². The number of fused-ring (bicyclic) bond motifs is 1. The lowest BCUT2D eigenvalue weighted by atomic mass is 9.91. The van der Waals surface area contributed by atoms with Crippen LogP contribution in [0.3, 0.4) is 0 Å². The van der Waals surface area contributed by atoms with Crippen molar-refractivity contribution in [3.63, 3.8) is 0 Å². The molecule has 1 aliphatic carbocycles. The molecular weight excluding hydrogens is 311 g/mol. The molecule has 120 valence electrons. The fourth-order valence-corrected chi connectivity index (χ4v) is 7.28. The summed E-state index contributed by atoms with van der Waals surface area (Å²) < 4.78 is 11.2. The Morgan fingerprint density at radius 3 is 2.23 bits per heavy atom. The maximum absolute atomic E-state index is 6.51. The summed E-state index contributed by atoms with van der Waals surface area (Å²) >= 11 is 6.06. The molecule has 0 unspecified atom stereocenters. The highest BCUT2D eigenvalue weighted by Crippen LogP contribution is 2.64. The average molecular weight is 336 g/mol. The van der Waals surface area contributed by atoms with E-state index < -0.39 is 6.57 Å². The maximum Gasteiger partial charge on any atom is 0.204 e. The van der Waals surface area contributed by atoms with Crippen LogP contribution in [0.5, 0.6) is 0 Å². The van der Waals surface area contributed by atoms with Crippen molar-refractivity contribution in [1.82, 2.24) is 9.34 Å². The maximum atomic E-state index is 6.51. The van der Waals surface area contributed by atoms with Crippen LogP contribution >= 0.6 is 6.57 Å². The van der Waals surface area contributed by atoms with Gasteiger partial charge in [0.15, 0.2) is 0 Å². The molecule has 1 saturated carbocycles. The third-order valence-corrected chi connectivity index (χ3v) is 9.54. The Balaban J connectivity index is 1.86. The lowest BCUT2D eigenvalue weighted by Gasteiger charge is -2.33. The summed E-state index contributed by atoms with van der Waals surface area (Å²) in [4.78, 5) is 0. The van der Waals surface area contributed by atoms with Gasteiger partial charge in [0.2, 0.25) is 6.57 Å². The van der Waals surface area contributed by atoms with Crippen molar-refractivity contribution in [2.45, 2.75) is 43.9 Å². The van der Waals surface area contributed by atoms with E-state index in [4.69, 9.17) is 16.3 Å². The van der Waals surface area contributed by atoms with Crippen molar-refractivity contribution in [3.05, 3.63) is 48.6 Å². The molecule has 0 spiro atoms. The van der Waals surface area contributed by atoms with Crippen molar-refractivity contribution in [2.75, 3.05) is 14.1 Å². The highest BCUT2D eigenvalue weighted by atomic mass is 32.5. The number of nitrogens with zero attached hydrogens (tertiary/aromatic N) is 2. The molecular formula is C17H25N2OPS. The molecule has 0 N–H and O–H groups in total. The molecule has 3 nitrogen and oxygen atoms in total. The number of rotatable bonds is 4. The first-order chi connectivity index (χ1) is 10.6. The molecule has 2 fully saturated rings. The Morgan fingerprint density at radius 2 is 1.73 bits per heavy atom. The van der Waals surface area contributed by atoms with E-state index in [2.05, 4.69) is 42.1 Å². The van der Waals surface area contributed by atoms with E-state index in [1.807, 2.05) is 24.3 Å². The second kappa shape index (κ2) is 6.54. The van der Waals surface area contributed by atoms with Crippen LogP contribution in [0.15, 0.2) is 43.0 Å². The minimum Gasteiger partial charge on any atom is -0.314 e. The molecule has 2 aliphatic rings. The van der Waals surface area contributed by atoms with Gasteiger partial charge < -0.3 is 4.52 Å². The number of benzene rings is 1. The highest BCUT2D eigenvalue weighted by Gasteiger charge is 2.50. The van der Waals surface area contributed by atoms with Gasteiger partial charge in [-0.25, -0.2) is 9.34 Å². The van der Waals surface area contributed by atoms with Crippen LogP contribution in [-0.4, -0.2) is 35.5 Å². The average Bonchev–Trinajstić information content (AvgIpc) is 2.76. The quantitative estimate of drug-likeness (QED) is 0.600. The zero-order valence-electron chi connectivity index (χ0n) is 13.4. The van der Waals surface area contributed by atoms with E-state index in [1.165, 1.54) is 25.7 Å². The Bertz CT molecular complexity index is 557. The Labute approximate surface area is 139 Å². The molecule has 1 aromatic rings. The lowest BCUT2D eigenvalue weighted by molar-refractivity contribution is 0.233. The van der Waals surface area contributed by atoms with Crippen molar-refractivity contribution in [1.29, 1.82) is 0 Å². The summed E-state index contributed by atoms with van der Waals surface area (Å²) in [7, 11) is 4.30. The van der Waals surface area contributed by atoms with E-state index in [1.54, 1.807) is 0 Å². The van der Waals surface area contributed by atoms with Gasteiger partial charge in [0.05, 0.1) is 0 Å². The Morgan fingerprint density at radius 1 is 1.18 bits per heavy atom. The summed E-state index contributed by atoms with van der Waals surface area (Å²) in [6.07, 6.45) is 6.80. The van der Waals surface area contributed by atoms with Gasteiger partial charge in [-0.05, 0) is 44.3 Å². The minimum absolute atomic E-state index is 0.142. The van der Waals surface area contributed by atoms with Crippen LogP contribution in [0.1, 0.15) is 37.4 Å². The number of likely N-dealkylation sites (N-methyl/N-ethyl adjacent to an activating group) is 2. The SMILES string of the molecule is C=C[C@H](OP1(=S)N(C)[C@@H]2CCCC[C@H]2N1C)c1ccccc1. The largest absolute Gasteiger partial charge is 0.314 e. The molecule has 1 aliphatic heterocycles. The second-order valence-corrected chi connectivity index (χ2v) is 10.1. The van der Waals surface area contributed by atoms with Gasteiger partial charge in [-0.3, -0.25) is 0 Å². The molecule has 22 heavy (non-hydrogen) atoms. The molecule has 3 atom stereocenters. The zero-order chi connectivity index (χ0) is 15.7. The standard InChI is InChI=1S/C17H25N2OPS/c1-4-17(14-10-6-5-7-11-14)20-21(22)18(2)15-12-8-9-13-16(15)19(21)3/h4-7,10-11,15-17H,1,8-9,12-13H2,2-3H3/t15-,16-,17+/m1/s1. The van der Waals surface area contributed by atoms with Gasteiger partial charge >= 0.3 is 0 Å². The van der Waals surface area contributed by atoms with Gasteiger partial charge in [0.25, 0.3) is 0 Å². The highest BCUT2D eigenvalue weighted by molar-refractivity contribution is 8.10. The van der Waals surface area contributed by atoms with Gasteiger partial charge in [0.1, 0.15) is 6.10 Å². The number of hydrogen-bond donors (Lipinski definition) is 0.